The molecule has 0 unspecified atom stereocenters. The third-order valence-electron chi connectivity index (χ3n) is 3.73. The van der Waals surface area contributed by atoms with Crippen LogP contribution in [0, 0.1) is 0 Å². The second-order valence-corrected chi connectivity index (χ2v) is 5.08. The molecule has 0 bridgehead atoms. The molecule has 0 saturated carbocycles. The zero-order chi connectivity index (χ0) is 15.5. The molecular formula is C18H16N2O2. The Labute approximate surface area is 128 Å². The van der Waals surface area contributed by atoms with E-state index in [9.17, 15) is 9.90 Å². The summed E-state index contributed by atoms with van der Waals surface area (Å²) in [6.45, 7) is 0. The summed E-state index contributed by atoms with van der Waals surface area (Å²) in [5.41, 5.74) is 10.9. The molecular weight excluding hydrogens is 276 g/mol. The Balaban J connectivity index is 0.000000246. The number of carboxylic acid groups (broad SMARTS) is 1. The molecule has 0 atom stereocenters. The quantitative estimate of drug-likeness (QED) is 0.469. The average molecular weight is 292 g/mol. The number of fused-ring (bicyclic) bond motifs is 3. The van der Waals surface area contributed by atoms with Crippen molar-refractivity contribution < 1.29 is 9.90 Å². The molecule has 0 fully saturated rings. The van der Waals surface area contributed by atoms with Crippen LogP contribution in [0.4, 0.5) is 5.69 Å². The summed E-state index contributed by atoms with van der Waals surface area (Å²) in [5.74, 6) is -0.892. The minimum Gasteiger partial charge on any atom is -0.478 e. The normalized spacial score (nSPS) is 11.1. The van der Waals surface area contributed by atoms with E-state index in [-0.39, 0.29) is 0 Å². The second kappa shape index (κ2) is 5.77. The maximum Gasteiger partial charge on any atom is 0.336 e. The SMILES string of the molecule is Nc1cccc2c1Cc1cccc(C(=O)O)c1-2.c1cc[nH]c1. The number of rotatable bonds is 1. The summed E-state index contributed by atoms with van der Waals surface area (Å²) in [6.07, 6.45) is 4.47. The predicted octanol–water partition coefficient (Wildman–Crippen LogP) is 3.55. The first kappa shape index (κ1) is 13.9. The fourth-order valence-electron chi connectivity index (χ4n) is 2.75. The van der Waals surface area contributed by atoms with Crippen molar-refractivity contribution in [1.29, 1.82) is 0 Å². The number of aromatic amines is 1. The summed E-state index contributed by atoms with van der Waals surface area (Å²) in [6, 6.07) is 14.9. The van der Waals surface area contributed by atoms with Gasteiger partial charge in [0.2, 0.25) is 0 Å². The van der Waals surface area contributed by atoms with Gasteiger partial charge in [0.05, 0.1) is 5.56 Å². The first-order valence-corrected chi connectivity index (χ1v) is 6.99. The number of nitrogen functional groups attached to an aromatic ring is 1. The van der Waals surface area contributed by atoms with Crippen molar-refractivity contribution in [2.24, 2.45) is 0 Å². The highest BCUT2D eigenvalue weighted by atomic mass is 16.4. The summed E-state index contributed by atoms with van der Waals surface area (Å²) < 4.78 is 0. The van der Waals surface area contributed by atoms with Crippen molar-refractivity contribution in [3.8, 4) is 11.1 Å². The molecule has 1 aliphatic rings. The number of hydrogen-bond acceptors (Lipinski definition) is 2. The van der Waals surface area contributed by atoms with E-state index in [1.165, 1.54) is 0 Å². The highest BCUT2D eigenvalue weighted by Gasteiger charge is 2.24. The lowest BCUT2D eigenvalue weighted by Gasteiger charge is -2.06. The van der Waals surface area contributed by atoms with Gasteiger partial charge in [0.25, 0.3) is 0 Å². The number of aromatic carboxylic acids is 1. The lowest BCUT2D eigenvalue weighted by Crippen LogP contribution is -1.99. The van der Waals surface area contributed by atoms with Crippen LogP contribution in [0.3, 0.4) is 0 Å². The van der Waals surface area contributed by atoms with E-state index in [2.05, 4.69) is 4.98 Å². The number of anilines is 1. The topological polar surface area (TPSA) is 79.1 Å². The standard InChI is InChI=1S/C14H11NO2.C4H5N/c15-12-6-2-4-9-11(12)7-8-3-1-5-10(13(8)9)14(16)17;1-2-4-5-3-1/h1-6H,7,15H2,(H,16,17);1-5H. The molecule has 4 nitrogen and oxygen atoms in total. The lowest BCUT2D eigenvalue weighted by atomic mass is 9.99. The Bertz CT molecular complexity index is 791. The first-order valence-electron chi connectivity index (χ1n) is 6.99. The van der Waals surface area contributed by atoms with Crippen LogP contribution in [0.5, 0.6) is 0 Å². The summed E-state index contributed by atoms with van der Waals surface area (Å²) in [7, 11) is 0. The van der Waals surface area contributed by atoms with Crippen LogP contribution in [0.25, 0.3) is 11.1 Å². The Morgan fingerprint density at radius 1 is 1.05 bits per heavy atom. The minimum atomic E-state index is -0.892. The van der Waals surface area contributed by atoms with E-state index in [0.29, 0.717) is 5.56 Å². The number of H-pyrrole nitrogens is 1. The number of aromatic nitrogens is 1. The monoisotopic (exact) mass is 292 g/mol. The van der Waals surface area contributed by atoms with Crippen molar-refractivity contribution >= 4 is 11.7 Å². The van der Waals surface area contributed by atoms with E-state index in [1.54, 1.807) is 12.1 Å². The number of nitrogens with one attached hydrogen (secondary N) is 1. The molecule has 1 aromatic heterocycles. The molecule has 3 aromatic rings. The maximum atomic E-state index is 11.2. The highest BCUT2D eigenvalue weighted by Crippen LogP contribution is 2.41. The summed E-state index contributed by atoms with van der Waals surface area (Å²) >= 11 is 0. The molecule has 4 heteroatoms. The van der Waals surface area contributed by atoms with E-state index in [0.717, 1.165) is 34.4 Å². The number of benzene rings is 2. The van der Waals surface area contributed by atoms with Crippen molar-refractivity contribution in [2.45, 2.75) is 6.42 Å². The van der Waals surface area contributed by atoms with Gasteiger partial charge in [-0.25, -0.2) is 4.79 Å². The zero-order valence-corrected chi connectivity index (χ0v) is 11.9. The number of nitrogens with two attached hydrogens (primary N) is 1. The molecule has 110 valence electrons. The van der Waals surface area contributed by atoms with Gasteiger partial charge in [0.1, 0.15) is 0 Å². The maximum absolute atomic E-state index is 11.2. The Kier molecular flexibility index (Phi) is 3.66. The van der Waals surface area contributed by atoms with Gasteiger partial charge in [0, 0.05) is 30.1 Å². The fraction of sp³-hybridized carbons (Fsp3) is 0.0556. The highest BCUT2D eigenvalue weighted by molar-refractivity contribution is 5.99. The van der Waals surface area contributed by atoms with Crippen LogP contribution in [0.2, 0.25) is 0 Å². The number of hydrogen-bond donors (Lipinski definition) is 3. The minimum absolute atomic E-state index is 0.354. The Morgan fingerprint density at radius 3 is 2.41 bits per heavy atom. The van der Waals surface area contributed by atoms with Crippen LogP contribution in [0.1, 0.15) is 21.5 Å². The van der Waals surface area contributed by atoms with E-state index >= 15 is 0 Å². The van der Waals surface area contributed by atoms with E-state index in [1.807, 2.05) is 48.8 Å². The van der Waals surface area contributed by atoms with Gasteiger partial charge in [0.15, 0.2) is 0 Å². The number of carbonyl (C=O) groups is 1. The largest absolute Gasteiger partial charge is 0.478 e. The molecule has 1 heterocycles. The molecule has 0 aliphatic heterocycles. The molecule has 0 spiro atoms. The summed E-state index contributed by atoms with van der Waals surface area (Å²) in [4.78, 5) is 14.1. The van der Waals surface area contributed by atoms with Gasteiger partial charge in [-0.05, 0) is 41.0 Å². The van der Waals surface area contributed by atoms with Gasteiger partial charge in [-0.2, -0.15) is 0 Å². The Hall–Kier alpha value is -3.01. The fourth-order valence-corrected chi connectivity index (χ4v) is 2.75. The third kappa shape index (κ3) is 2.46. The smallest absolute Gasteiger partial charge is 0.336 e. The predicted molar refractivity (Wildman–Crippen MR) is 86.8 cm³/mol. The second-order valence-electron chi connectivity index (χ2n) is 5.08. The van der Waals surface area contributed by atoms with Crippen LogP contribution < -0.4 is 5.73 Å². The molecule has 4 N–H and O–H groups in total. The lowest BCUT2D eigenvalue weighted by molar-refractivity contribution is 0.0697. The number of carboxylic acids is 1. The zero-order valence-electron chi connectivity index (χ0n) is 11.9. The first-order chi connectivity index (χ1) is 10.7. The van der Waals surface area contributed by atoms with Gasteiger partial charge >= 0.3 is 5.97 Å². The molecule has 22 heavy (non-hydrogen) atoms. The molecule has 0 saturated heterocycles. The molecule has 2 aromatic carbocycles. The molecule has 1 aliphatic carbocycles. The average Bonchev–Trinajstić information content (AvgIpc) is 3.18. The van der Waals surface area contributed by atoms with E-state index in [4.69, 9.17) is 5.73 Å². The molecule has 4 rings (SSSR count). The van der Waals surface area contributed by atoms with Gasteiger partial charge < -0.3 is 15.8 Å². The van der Waals surface area contributed by atoms with Crippen LogP contribution in [0.15, 0.2) is 60.9 Å². The Morgan fingerprint density at radius 2 is 1.77 bits per heavy atom. The van der Waals surface area contributed by atoms with E-state index < -0.39 is 5.97 Å². The van der Waals surface area contributed by atoms with Crippen LogP contribution in [-0.4, -0.2) is 16.1 Å². The van der Waals surface area contributed by atoms with Gasteiger partial charge in [-0.15, -0.1) is 0 Å². The van der Waals surface area contributed by atoms with Crippen LogP contribution in [-0.2, 0) is 6.42 Å². The van der Waals surface area contributed by atoms with Crippen molar-refractivity contribution in [3.05, 3.63) is 77.6 Å². The molecule has 0 amide bonds. The molecule has 0 radical (unpaired) electrons. The van der Waals surface area contributed by atoms with Crippen LogP contribution >= 0.6 is 0 Å². The summed E-state index contributed by atoms with van der Waals surface area (Å²) in [5, 5.41) is 9.21. The van der Waals surface area contributed by atoms with Gasteiger partial charge in [-0.1, -0.05) is 24.3 Å². The van der Waals surface area contributed by atoms with Crippen molar-refractivity contribution in [3.63, 3.8) is 0 Å². The van der Waals surface area contributed by atoms with Crippen molar-refractivity contribution in [1.82, 2.24) is 4.98 Å². The third-order valence-corrected chi connectivity index (χ3v) is 3.73. The van der Waals surface area contributed by atoms with Crippen molar-refractivity contribution in [2.75, 3.05) is 5.73 Å². The van der Waals surface area contributed by atoms with Gasteiger partial charge in [-0.3, -0.25) is 0 Å².